The Balaban J connectivity index is 2.23. The Morgan fingerprint density at radius 1 is 0.958 bits per heavy atom. The van der Waals surface area contributed by atoms with Crippen LogP contribution in [0.1, 0.15) is 56.0 Å². The first-order valence-electron chi connectivity index (χ1n) is 8.21. The molecule has 0 saturated carbocycles. The van der Waals surface area contributed by atoms with Gasteiger partial charge >= 0.3 is 0 Å². The standard InChI is InChI=1S/C20H27NO2S/c1-14-7-12-19(15(2)13-14)24(22,23)21-16(3)17-8-10-18(11-9-17)20(4,5)6/h7-13,16,21H,1-6H3. The van der Waals surface area contributed by atoms with Gasteiger partial charge in [-0.15, -0.1) is 0 Å². The van der Waals surface area contributed by atoms with Crippen LogP contribution in [0, 0.1) is 13.8 Å². The van der Waals surface area contributed by atoms with E-state index >= 15 is 0 Å². The molecule has 0 spiro atoms. The predicted molar refractivity (Wildman–Crippen MR) is 99.8 cm³/mol. The molecule has 0 amide bonds. The van der Waals surface area contributed by atoms with E-state index in [0.29, 0.717) is 4.90 Å². The third kappa shape index (κ3) is 4.25. The zero-order valence-corrected chi connectivity index (χ0v) is 16.2. The van der Waals surface area contributed by atoms with Crippen LogP contribution in [0.5, 0.6) is 0 Å². The molecule has 1 unspecified atom stereocenters. The first-order valence-corrected chi connectivity index (χ1v) is 9.69. The highest BCUT2D eigenvalue weighted by molar-refractivity contribution is 7.89. The molecule has 2 aromatic carbocycles. The van der Waals surface area contributed by atoms with Gasteiger partial charge in [-0.2, -0.15) is 0 Å². The number of hydrogen-bond acceptors (Lipinski definition) is 2. The molecule has 2 aromatic rings. The zero-order chi connectivity index (χ0) is 18.1. The molecule has 0 aliphatic heterocycles. The SMILES string of the molecule is Cc1ccc(S(=O)(=O)NC(C)c2ccc(C(C)(C)C)cc2)c(C)c1. The van der Waals surface area contributed by atoms with Gasteiger partial charge in [-0.05, 0) is 48.9 Å². The molecular formula is C20H27NO2S. The average Bonchev–Trinajstić information content (AvgIpc) is 2.45. The molecule has 1 N–H and O–H groups in total. The molecule has 0 heterocycles. The predicted octanol–water partition coefficient (Wildman–Crippen LogP) is 4.64. The molecule has 2 rings (SSSR count). The van der Waals surface area contributed by atoms with E-state index in [1.165, 1.54) is 5.56 Å². The zero-order valence-electron chi connectivity index (χ0n) is 15.3. The molecule has 0 fully saturated rings. The maximum absolute atomic E-state index is 12.7. The minimum atomic E-state index is -3.54. The highest BCUT2D eigenvalue weighted by atomic mass is 32.2. The van der Waals surface area contributed by atoms with Gasteiger partial charge in [0.05, 0.1) is 4.90 Å². The van der Waals surface area contributed by atoms with Crippen LogP contribution in [0.15, 0.2) is 47.4 Å². The summed E-state index contributed by atoms with van der Waals surface area (Å²) >= 11 is 0. The highest BCUT2D eigenvalue weighted by Gasteiger charge is 2.21. The molecule has 0 bridgehead atoms. The largest absolute Gasteiger partial charge is 0.241 e. The van der Waals surface area contributed by atoms with Gasteiger partial charge in [0.15, 0.2) is 0 Å². The molecule has 0 aromatic heterocycles. The fourth-order valence-corrected chi connectivity index (χ4v) is 4.20. The summed E-state index contributed by atoms with van der Waals surface area (Å²) in [4.78, 5) is 0.339. The Morgan fingerprint density at radius 2 is 1.54 bits per heavy atom. The second-order valence-electron chi connectivity index (χ2n) is 7.48. The summed E-state index contributed by atoms with van der Waals surface area (Å²) in [6, 6.07) is 13.2. The van der Waals surface area contributed by atoms with Gasteiger partial charge in [0.1, 0.15) is 0 Å². The Labute approximate surface area is 146 Å². The summed E-state index contributed by atoms with van der Waals surface area (Å²) in [5, 5.41) is 0. The van der Waals surface area contributed by atoms with Gasteiger partial charge < -0.3 is 0 Å². The van der Waals surface area contributed by atoms with Gasteiger partial charge in [-0.1, -0.05) is 62.7 Å². The second kappa shape index (κ2) is 6.69. The van der Waals surface area contributed by atoms with E-state index in [0.717, 1.165) is 16.7 Å². The fourth-order valence-electron chi connectivity index (χ4n) is 2.74. The number of rotatable bonds is 4. The summed E-state index contributed by atoms with van der Waals surface area (Å²) in [5.41, 5.74) is 4.09. The third-order valence-electron chi connectivity index (χ3n) is 4.23. The van der Waals surface area contributed by atoms with E-state index in [-0.39, 0.29) is 11.5 Å². The van der Waals surface area contributed by atoms with Crippen LogP contribution in [0.4, 0.5) is 0 Å². The lowest BCUT2D eigenvalue weighted by Gasteiger charge is -2.21. The molecule has 0 radical (unpaired) electrons. The van der Waals surface area contributed by atoms with Crippen LogP contribution in [0.3, 0.4) is 0 Å². The molecule has 4 heteroatoms. The van der Waals surface area contributed by atoms with Crippen molar-refractivity contribution in [1.82, 2.24) is 4.72 Å². The van der Waals surface area contributed by atoms with Gasteiger partial charge in [-0.25, -0.2) is 13.1 Å². The van der Waals surface area contributed by atoms with Gasteiger partial charge in [-0.3, -0.25) is 0 Å². The summed E-state index contributed by atoms with van der Waals surface area (Å²) in [6.07, 6.45) is 0. The van der Waals surface area contributed by atoms with Crippen LogP contribution in [-0.4, -0.2) is 8.42 Å². The molecular weight excluding hydrogens is 318 g/mol. The van der Waals surface area contributed by atoms with Gasteiger partial charge in [0.2, 0.25) is 10.0 Å². The summed E-state index contributed by atoms with van der Waals surface area (Å²) in [7, 11) is -3.54. The molecule has 24 heavy (non-hydrogen) atoms. The minimum Gasteiger partial charge on any atom is -0.207 e. The van der Waals surface area contributed by atoms with E-state index in [1.807, 2.05) is 45.0 Å². The van der Waals surface area contributed by atoms with Crippen molar-refractivity contribution in [3.8, 4) is 0 Å². The fraction of sp³-hybridized carbons (Fsp3) is 0.400. The van der Waals surface area contributed by atoms with Crippen molar-refractivity contribution < 1.29 is 8.42 Å². The maximum Gasteiger partial charge on any atom is 0.241 e. The lowest BCUT2D eigenvalue weighted by Crippen LogP contribution is -2.27. The number of aryl methyl sites for hydroxylation is 2. The average molecular weight is 346 g/mol. The first kappa shape index (κ1) is 18.7. The highest BCUT2D eigenvalue weighted by Crippen LogP contribution is 2.25. The van der Waals surface area contributed by atoms with Crippen molar-refractivity contribution in [2.45, 2.75) is 57.9 Å². The van der Waals surface area contributed by atoms with Crippen molar-refractivity contribution in [3.63, 3.8) is 0 Å². The summed E-state index contributed by atoms with van der Waals surface area (Å²) < 4.78 is 28.1. The maximum atomic E-state index is 12.7. The van der Waals surface area contributed by atoms with Crippen molar-refractivity contribution in [2.75, 3.05) is 0 Å². The van der Waals surface area contributed by atoms with E-state index in [9.17, 15) is 8.42 Å². The second-order valence-corrected chi connectivity index (χ2v) is 9.17. The number of benzene rings is 2. The first-order chi connectivity index (χ1) is 11.0. The van der Waals surface area contributed by atoms with Crippen LogP contribution in [0.25, 0.3) is 0 Å². The topological polar surface area (TPSA) is 46.2 Å². The molecule has 0 aliphatic rings. The number of nitrogens with one attached hydrogen (secondary N) is 1. The van der Waals surface area contributed by atoms with E-state index in [2.05, 4.69) is 37.6 Å². The Morgan fingerprint density at radius 3 is 2.04 bits per heavy atom. The minimum absolute atomic E-state index is 0.0836. The number of hydrogen-bond donors (Lipinski definition) is 1. The molecule has 130 valence electrons. The lowest BCUT2D eigenvalue weighted by molar-refractivity contribution is 0.565. The lowest BCUT2D eigenvalue weighted by atomic mass is 9.86. The monoisotopic (exact) mass is 345 g/mol. The van der Waals surface area contributed by atoms with E-state index < -0.39 is 10.0 Å². The van der Waals surface area contributed by atoms with Crippen LogP contribution >= 0.6 is 0 Å². The van der Waals surface area contributed by atoms with Crippen molar-refractivity contribution >= 4 is 10.0 Å². The smallest absolute Gasteiger partial charge is 0.207 e. The molecule has 3 nitrogen and oxygen atoms in total. The molecule has 1 atom stereocenters. The summed E-state index contributed by atoms with van der Waals surface area (Å²) in [5.74, 6) is 0. The van der Waals surface area contributed by atoms with Crippen molar-refractivity contribution in [1.29, 1.82) is 0 Å². The van der Waals surface area contributed by atoms with Crippen molar-refractivity contribution in [2.24, 2.45) is 0 Å². The number of sulfonamides is 1. The Bertz CT molecular complexity index is 816. The van der Waals surface area contributed by atoms with Crippen LogP contribution in [-0.2, 0) is 15.4 Å². The Hall–Kier alpha value is -1.65. The van der Waals surface area contributed by atoms with E-state index in [4.69, 9.17) is 0 Å². The van der Waals surface area contributed by atoms with Crippen LogP contribution in [0.2, 0.25) is 0 Å². The summed E-state index contributed by atoms with van der Waals surface area (Å²) in [6.45, 7) is 12.1. The third-order valence-corrected chi connectivity index (χ3v) is 5.93. The quantitative estimate of drug-likeness (QED) is 0.877. The van der Waals surface area contributed by atoms with Crippen molar-refractivity contribution in [3.05, 3.63) is 64.7 Å². The van der Waals surface area contributed by atoms with Crippen LogP contribution < -0.4 is 4.72 Å². The van der Waals surface area contributed by atoms with E-state index in [1.54, 1.807) is 6.07 Å². The Kier molecular flexibility index (Phi) is 5.21. The molecule has 0 aliphatic carbocycles. The normalized spacial score (nSPS) is 13.8. The van der Waals surface area contributed by atoms with Gasteiger partial charge in [0, 0.05) is 6.04 Å². The van der Waals surface area contributed by atoms with Gasteiger partial charge in [0.25, 0.3) is 0 Å². The molecule has 0 saturated heterocycles.